The van der Waals surface area contributed by atoms with Crippen molar-refractivity contribution < 1.29 is 10.0 Å². The first kappa shape index (κ1) is 17.2. The van der Waals surface area contributed by atoms with Crippen molar-refractivity contribution >= 4 is 12.0 Å². The van der Waals surface area contributed by atoms with Gasteiger partial charge in [-0.05, 0) is 41.8 Å². The Kier molecular flexibility index (Phi) is 5.52. The van der Waals surface area contributed by atoms with Crippen LogP contribution in [-0.2, 0) is 18.3 Å². The molecule has 1 aromatic carbocycles. The molecule has 0 radical (unpaired) electrons. The van der Waals surface area contributed by atoms with Gasteiger partial charge in [-0.3, -0.25) is 14.9 Å². The van der Waals surface area contributed by atoms with Gasteiger partial charge in [-0.15, -0.1) is 10.2 Å². The van der Waals surface area contributed by atoms with Gasteiger partial charge in [-0.1, -0.05) is 24.3 Å². The average Bonchev–Trinajstić information content (AvgIpc) is 3.27. The van der Waals surface area contributed by atoms with Gasteiger partial charge in [0.1, 0.15) is 0 Å². The molecule has 1 fully saturated rings. The summed E-state index contributed by atoms with van der Waals surface area (Å²) in [5.41, 5.74) is 3.77. The maximum absolute atomic E-state index is 11.0. The van der Waals surface area contributed by atoms with E-state index >= 15 is 0 Å². The van der Waals surface area contributed by atoms with Crippen LogP contribution in [0.25, 0.3) is 6.08 Å². The average molecular weight is 342 g/mol. The number of nitrogens with one attached hydrogen (secondary N) is 1. The summed E-state index contributed by atoms with van der Waals surface area (Å²) in [6, 6.07) is 8.56. The Balaban J connectivity index is 1.61. The third-order valence-electron chi connectivity index (χ3n) is 4.39. The first-order chi connectivity index (χ1) is 12.2. The smallest absolute Gasteiger partial charge is 0.267 e. The second-order valence-electron chi connectivity index (χ2n) is 6.12. The lowest BCUT2D eigenvalue weighted by molar-refractivity contribution is -0.124. The van der Waals surface area contributed by atoms with E-state index in [0.29, 0.717) is 6.04 Å². The van der Waals surface area contributed by atoms with Crippen LogP contribution < -0.4 is 5.48 Å². The second-order valence-corrected chi connectivity index (χ2v) is 6.12. The number of carbonyl (C=O) groups excluding carboxylic acids is 1. The van der Waals surface area contributed by atoms with Crippen molar-refractivity contribution in [2.45, 2.75) is 25.3 Å². The fraction of sp³-hybridized carbons (Fsp3) is 0.412. The van der Waals surface area contributed by atoms with Gasteiger partial charge in [-0.2, -0.15) is 4.80 Å². The summed E-state index contributed by atoms with van der Waals surface area (Å²) in [4.78, 5) is 15.0. The molecule has 1 saturated heterocycles. The van der Waals surface area contributed by atoms with Crippen LogP contribution in [0.2, 0.25) is 0 Å². The molecule has 0 saturated carbocycles. The predicted molar refractivity (Wildman–Crippen MR) is 91.5 cm³/mol. The number of tetrazole rings is 1. The molecule has 8 heteroatoms. The molecule has 1 aliphatic rings. The van der Waals surface area contributed by atoms with Crippen LogP contribution in [0.4, 0.5) is 0 Å². The molecule has 0 unspecified atom stereocenters. The summed E-state index contributed by atoms with van der Waals surface area (Å²) < 4.78 is 0. The molecule has 0 spiro atoms. The molecule has 0 bridgehead atoms. The van der Waals surface area contributed by atoms with Gasteiger partial charge in [-0.25, -0.2) is 5.48 Å². The maximum atomic E-state index is 11.0. The maximum Gasteiger partial charge on any atom is 0.267 e. The van der Waals surface area contributed by atoms with E-state index in [1.165, 1.54) is 22.9 Å². The van der Waals surface area contributed by atoms with Crippen molar-refractivity contribution in [3.63, 3.8) is 0 Å². The molecule has 1 amide bonds. The molecule has 1 aromatic heterocycles. The van der Waals surface area contributed by atoms with E-state index in [1.807, 2.05) is 12.1 Å². The van der Waals surface area contributed by atoms with Crippen LogP contribution in [0.3, 0.4) is 0 Å². The number of carbonyl (C=O) groups is 1. The van der Waals surface area contributed by atoms with Crippen LogP contribution in [-0.4, -0.2) is 49.3 Å². The van der Waals surface area contributed by atoms with E-state index in [-0.39, 0.29) is 0 Å². The summed E-state index contributed by atoms with van der Waals surface area (Å²) in [5, 5.41) is 20.6. The predicted octanol–water partition coefficient (Wildman–Crippen LogP) is 1.11. The van der Waals surface area contributed by atoms with E-state index in [0.717, 1.165) is 37.3 Å². The lowest BCUT2D eigenvalue weighted by atomic mass is 10.0. The number of aryl methyl sites for hydroxylation is 1. The Labute approximate surface area is 146 Å². The highest BCUT2D eigenvalue weighted by atomic mass is 16.5. The monoisotopic (exact) mass is 342 g/mol. The van der Waals surface area contributed by atoms with Crippen molar-refractivity contribution in [3.05, 3.63) is 47.3 Å². The molecule has 1 atom stereocenters. The van der Waals surface area contributed by atoms with Gasteiger partial charge in [0.2, 0.25) is 0 Å². The third-order valence-corrected chi connectivity index (χ3v) is 4.39. The number of hydrogen-bond donors (Lipinski definition) is 2. The number of benzene rings is 1. The summed E-state index contributed by atoms with van der Waals surface area (Å²) in [6.45, 7) is 1.98. The molecular weight excluding hydrogens is 320 g/mol. The summed E-state index contributed by atoms with van der Waals surface area (Å²) >= 11 is 0. The quantitative estimate of drug-likeness (QED) is 0.464. The van der Waals surface area contributed by atoms with E-state index < -0.39 is 5.91 Å². The van der Waals surface area contributed by atoms with Crippen LogP contribution in [0.5, 0.6) is 0 Å². The number of hydroxylamine groups is 1. The van der Waals surface area contributed by atoms with Gasteiger partial charge in [0.15, 0.2) is 5.82 Å². The largest absolute Gasteiger partial charge is 0.296 e. The first-order valence-electron chi connectivity index (χ1n) is 8.35. The van der Waals surface area contributed by atoms with Crippen LogP contribution in [0, 0.1) is 0 Å². The van der Waals surface area contributed by atoms with E-state index in [9.17, 15) is 4.79 Å². The Bertz CT molecular complexity index is 740. The fourth-order valence-corrected chi connectivity index (χ4v) is 3.18. The number of rotatable bonds is 6. The lowest BCUT2D eigenvalue weighted by Crippen LogP contribution is -2.26. The fourth-order valence-electron chi connectivity index (χ4n) is 3.18. The molecule has 0 aliphatic carbocycles. The van der Waals surface area contributed by atoms with E-state index in [4.69, 9.17) is 5.21 Å². The van der Waals surface area contributed by atoms with Crippen molar-refractivity contribution in [1.29, 1.82) is 0 Å². The number of likely N-dealkylation sites (tertiary alicyclic amines) is 1. The number of amides is 1. The minimum absolute atomic E-state index is 0.399. The zero-order valence-corrected chi connectivity index (χ0v) is 14.2. The van der Waals surface area contributed by atoms with Gasteiger partial charge in [0.25, 0.3) is 5.91 Å². The minimum atomic E-state index is -0.538. The summed E-state index contributed by atoms with van der Waals surface area (Å²) in [7, 11) is 1.77. The minimum Gasteiger partial charge on any atom is -0.296 e. The van der Waals surface area contributed by atoms with Crippen molar-refractivity contribution in [3.8, 4) is 0 Å². The second kappa shape index (κ2) is 8.00. The highest BCUT2D eigenvalue weighted by molar-refractivity contribution is 5.90. The molecule has 2 aromatic rings. The molecule has 8 nitrogen and oxygen atoms in total. The van der Waals surface area contributed by atoms with E-state index in [1.54, 1.807) is 18.6 Å². The number of hydrogen-bond acceptors (Lipinski definition) is 6. The summed E-state index contributed by atoms with van der Waals surface area (Å²) in [5.74, 6) is 0.236. The standard InChI is InChI=1S/C17H22N6O2/c1-22-19-16(18-21-22)10-12-23-11-2-3-15(23)14-7-4-13(5-8-14)6-9-17(24)20-25/h4-9,15,25H,2-3,10-12H2,1H3,(H,20,24)/t15-/m0/s1. The highest BCUT2D eigenvalue weighted by Crippen LogP contribution is 2.31. The van der Waals surface area contributed by atoms with Crippen molar-refractivity contribution in [2.24, 2.45) is 7.05 Å². The Morgan fingerprint density at radius 3 is 2.88 bits per heavy atom. The Morgan fingerprint density at radius 2 is 2.20 bits per heavy atom. The Hall–Kier alpha value is -2.58. The SMILES string of the molecule is Cn1nnc(CCN2CCC[C@H]2c2ccc(C=CC(=O)NO)cc2)n1. The van der Waals surface area contributed by atoms with Crippen molar-refractivity contribution in [2.75, 3.05) is 13.1 Å². The van der Waals surface area contributed by atoms with Crippen molar-refractivity contribution in [1.82, 2.24) is 30.6 Å². The van der Waals surface area contributed by atoms with E-state index in [2.05, 4.69) is 32.4 Å². The first-order valence-corrected chi connectivity index (χ1v) is 8.35. The molecule has 25 heavy (non-hydrogen) atoms. The zero-order chi connectivity index (χ0) is 17.6. The molecular formula is C17H22N6O2. The molecule has 2 N–H and O–H groups in total. The molecule has 3 rings (SSSR count). The van der Waals surface area contributed by atoms with Gasteiger partial charge >= 0.3 is 0 Å². The number of nitrogens with zero attached hydrogens (tertiary/aromatic N) is 5. The molecule has 132 valence electrons. The zero-order valence-electron chi connectivity index (χ0n) is 14.2. The summed E-state index contributed by atoms with van der Waals surface area (Å²) in [6.07, 6.45) is 6.07. The Morgan fingerprint density at radius 1 is 1.40 bits per heavy atom. The molecule has 2 heterocycles. The lowest BCUT2D eigenvalue weighted by Gasteiger charge is -2.24. The highest BCUT2D eigenvalue weighted by Gasteiger charge is 2.25. The van der Waals surface area contributed by atoms with Gasteiger partial charge in [0.05, 0.1) is 7.05 Å². The van der Waals surface area contributed by atoms with Crippen LogP contribution in [0.1, 0.15) is 35.8 Å². The normalized spacial score (nSPS) is 18.1. The van der Waals surface area contributed by atoms with Crippen LogP contribution in [0.15, 0.2) is 30.3 Å². The third kappa shape index (κ3) is 4.49. The van der Waals surface area contributed by atoms with Gasteiger partial charge in [0, 0.05) is 25.1 Å². The topological polar surface area (TPSA) is 96.2 Å². The van der Waals surface area contributed by atoms with Gasteiger partial charge < -0.3 is 0 Å². The number of aromatic nitrogens is 4. The van der Waals surface area contributed by atoms with Crippen LogP contribution >= 0.6 is 0 Å². The molecule has 1 aliphatic heterocycles.